The molecular weight excluding hydrogens is 299 g/mol. The third kappa shape index (κ3) is 3.31. The highest BCUT2D eigenvalue weighted by Crippen LogP contribution is 2.35. The van der Waals surface area contributed by atoms with Crippen molar-refractivity contribution in [2.75, 3.05) is 0 Å². The van der Waals surface area contributed by atoms with E-state index in [1.165, 1.54) is 0 Å². The van der Waals surface area contributed by atoms with Gasteiger partial charge < -0.3 is 5.11 Å². The van der Waals surface area contributed by atoms with E-state index in [1.807, 2.05) is 13.8 Å². The van der Waals surface area contributed by atoms with Gasteiger partial charge in [-0.25, -0.2) is 4.39 Å². The maximum atomic E-state index is 14.2. The largest absolute Gasteiger partial charge is 0.481 e. The molecule has 1 aromatic rings. The van der Waals surface area contributed by atoms with Crippen LogP contribution in [0.15, 0.2) is 16.6 Å². The molecule has 0 aliphatic heterocycles. The van der Waals surface area contributed by atoms with Crippen molar-refractivity contribution in [3.63, 3.8) is 0 Å². The van der Waals surface area contributed by atoms with Crippen LogP contribution in [0.3, 0.4) is 0 Å². The lowest BCUT2D eigenvalue weighted by Gasteiger charge is -2.25. The van der Waals surface area contributed by atoms with Crippen LogP contribution in [-0.2, 0) is 10.2 Å². The summed E-state index contributed by atoms with van der Waals surface area (Å²) < 4.78 is 14.5. The molecular formula is C14H18BrFO2. The van der Waals surface area contributed by atoms with E-state index >= 15 is 0 Å². The molecule has 0 saturated heterocycles. The number of halogens is 2. The molecule has 100 valence electrons. The molecule has 0 unspecified atom stereocenters. The van der Waals surface area contributed by atoms with E-state index in [1.54, 1.807) is 26.0 Å². The predicted molar refractivity (Wildman–Crippen MR) is 73.5 cm³/mol. The zero-order valence-corrected chi connectivity index (χ0v) is 12.6. The molecule has 0 aliphatic rings. The lowest BCUT2D eigenvalue weighted by atomic mass is 9.80. The van der Waals surface area contributed by atoms with E-state index < -0.39 is 11.4 Å². The van der Waals surface area contributed by atoms with Crippen LogP contribution in [-0.4, -0.2) is 11.1 Å². The summed E-state index contributed by atoms with van der Waals surface area (Å²) in [7, 11) is 0. The Morgan fingerprint density at radius 3 is 2.44 bits per heavy atom. The molecule has 0 saturated carbocycles. The number of rotatable bonds is 4. The fraction of sp³-hybridized carbons (Fsp3) is 0.500. The highest BCUT2D eigenvalue weighted by atomic mass is 79.9. The van der Waals surface area contributed by atoms with Gasteiger partial charge in [0.2, 0.25) is 0 Å². The molecule has 0 bridgehead atoms. The van der Waals surface area contributed by atoms with E-state index in [2.05, 4.69) is 15.9 Å². The first-order valence-electron chi connectivity index (χ1n) is 5.86. The second-order valence-electron chi connectivity index (χ2n) is 5.47. The van der Waals surface area contributed by atoms with Crippen molar-refractivity contribution in [2.45, 2.75) is 45.4 Å². The summed E-state index contributed by atoms with van der Waals surface area (Å²) in [6.07, 6.45) is -0.0993. The summed E-state index contributed by atoms with van der Waals surface area (Å²) in [6, 6.07) is 3.52. The molecule has 1 N–H and O–H groups in total. The van der Waals surface area contributed by atoms with Crippen LogP contribution in [0.25, 0.3) is 0 Å². The van der Waals surface area contributed by atoms with Crippen molar-refractivity contribution < 1.29 is 14.3 Å². The van der Waals surface area contributed by atoms with Crippen LogP contribution < -0.4 is 0 Å². The van der Waals surface area contributed by atoms with Crippen molar-refractivity contribution in [2.24, 2.45) is 0 Å². The summed E-state index contributed by atoms with van der Waals surface area (Å²) in [6.45, 7) is 7.54. The second-order valence-corrected chi connectivity index (χ2v) is 6.33. The third-order valence-electron chi connectivity index (χ3n) is 3.04. The number of carboxylic acids is 1. The quantitative estimate of drug-likeness (QED) is 0.890. The molecule has 1 aromatic carbocycles. The second kappa shape index (κ2) is 5.39. The number of aliphatic carboxylic acids is 1. The van der Waals surface area contributed by atoms with E-state index in [-0.39, 0.29) is 18.2 Å². The number of benzene rings is 1. The van der Waals surface area contributed by atoms with Gasteiger partial charge in [0.1, 0.15) is 5.82 Å². The molecule has 0 heterocycles. The first kappa shape index (κ1) is 15.2. The molecule has 0 amide bonds. The average Bonchev–Trinajstić information content (AvgIpc) is 2.19. The van der Waals surface area contributed by atoms with Gasteiger partial charge in [-0.2, -0.15) is 0 Å². The Kier molecular flexibility index (Phi) is 4.54. The summed E-state index contributed by atoms with van der Waals surface area (Å²) >= 11 is 3.20. The molecule has 18 heavy (non-hydrogen) atoms. The molecule has 0 aromatic heterocycles. The Labute approximate surface area is 115 Å². The maximum Gasteiger partial charge on any atom is 0.304 e. The first-order chi connectivity index (χ1) is 8.15. The molecule has 0 radical (unpaired) electrons. The van der Waals surface area contributed by atoms with Crippen LogP contribution in [0.4, 0.5) is 4.39 Å². The first-order valence-corrected chi connectivity index (χ1v) is 6.65. The third-order valence-corrected chi connectivity index (χ3v) is 3.62. The van der Waals surface area contributed by atoms with Crippen LogP contribution >= 0.6 is 15.9 Å². The van der Waals surface area contributed by atoms with E-state index in [9.17, 15) is 9.18 Å². The number of carboxylic acid groups (broad SMARTS) is 1. The fourth-order valence-corrected chi connectivity index (χ4v) is 2.39. The van der Waals surface area contributed by atoms with Crippen molar-refractivity contribution in [3.05, 3.63) is 33.5 Å². The van der Waals surface area contributed by atoms with Gasteiger partial charge in [-0.3, -0.25) is 4.79 Å². The van der Waals surface area contributed by atoms with Gasteiger partial charge in [-0.1, -0.05) is 33.8 Å². The zero-order valence-electron chi connectivity index (χ0n) is 11.1. The summed E-state index contributed by atoms with van der Waals surface area (Å²) in [5.41, 5.74) is 0.711. The van der Waals surface area contributed by atoms with Gasteiger partial charge in [0.15, 0.2) is 0 Å². The summed E-state index contributed by atoms with van der Waals surface area (Å²) in [4.78, 5) is 10.9. The fourth-order valence-electron chi connectivity index (χ4n) is 1.91. The summed E-state index contributed by atoms with van der Waals surface area (Å²) in [5, 5.41) is 8.91. The minimum absolute atomic E-state index is 0.0993. The topological polar surface area (TPSA) is 37.3 Å². The monoisotopic (exact) mass is 316 g/mol. The molecule has 0 aliphatic carbocycles. The Bertz CT molecular complexity index is 467. The SMILES string of the molecule is CC(C)c1cc(Br)c(F)c(C(C)(C)CC(=O)O)c1. The molecule has 0 fully saturated rings. The highest BCUT2D eigenvalue weighted by Gasteiger charge is 2.29. The van der Waals surface area contributed by atoms with Crippen LogP contribution in [0.5, 0.6) is 0 Å². The minimum atomic E-state index is -0.925. The molecule has 2 nitrogen and oxygen atoms in total. The molecule has 0 atom stereocenters. The highest BCUT2D eigenvalue weighted by molar-refractivity contribution is 9.10. The van der Waals surface area contributed by atoms with Gasteiger partial charge >= 0.3 is 5.97 Å². The summed E-state index contributed by atoms with van der Waals surface area (Å²) in [5.74, 6) is -1.03. The van der Waals surface area contributed by atoms with Gasteiger partial charge in [0.05, 0.1) is 10.9 Å². The van der Waals surface area contributed by atoms with Gasteiger partial charge in [0.25, 0.3) is 0 Å². The lowest BCUT2D eigenvalue weighted by molar-refractivity contribution is -0.138. The Morgan fingerprint density at radius 2 is 2.00 bits per heavy atom. The Morgan fingerprint density at radius 1 is 1.44 bits per heavy atom. The Balaban J connectivity index is 3.34. The van der Waals surface area contributed by atoms with Crippen LogP contribution in [0.2, 0.25) is 0 Å². The smallest absolute Gasteiger partial charge is 0.304 e. The van der Waals surface area contributed by atoms with E-state index in [4.69, 9.17) is 5.11 Å². The van der Waals surface area contributed by atoms with Crippen molar-refractivity contribution >= 4 is 21.9 Å². The van der Waals surface area contributed by atoms with E-state index in [0.29, 0.717) is 10.0 Å². The van der Waals surface area contributed by atoms with Gasteiger partial charge in [-0.15, -0.1) is 0 Å². The molecule has 0 spiro atoms. The standard InChI is InChI=1S/C14H18BrFO2/c1-8(2)9-5-10(13(16)11(15)6-9)14(3,4)7-12(17)18/h5-6,8H,7H2,1-4H3,(H,17,18). The van der Waals surface area contributed by atoms with Crippen LogP contribution in [0, 0.1) is 5.82 Å². The normalized spacial score (nSPS) is 11.9. The van der Waals surface area contributed by atoms with Crippen molar-refractivity contribution in [1.29, 1.82) is 0 Å². The molecule has 1 rings (SSSR count). The van der Waals surface area contributed by atoms with Crippen molar-refractivity contribution in [1.82, 2.24) is 0 Å². The zero-order chi connectivity index (χ0) is 14.1. The number of hydrogen-bond acceptors (Lipinski definition) is 1. The van der Waals surface area contributed by atoms with Gasteiger partial charge in [-0.05, 0) is 39.0 Å². The predicted octanol–water partition coefficient (Wildman–Crippen LogP) is 4.46. The maximum absolute atomic E-state index is 14.2. The van der Waals surface area contributed by atoms with Crippen molar-refractivity contribution in [3.8, 4) is 0 Å². The Hall–Kier alpha value is -0.900. The van der Waals surface area contributed by atoms with Crippen LogP contribution in [0.1, 0.15) is 51.2 Å². The lowest BCUT2D eigenvalue weighted by Crippen LogP contribution is -2.23. The minimum Gasteiger partial charge on any atom is -0.481 e. The average molecular weight is 317 g/mol. The van der Waals surface area contributed by atoms with Gasteiger partial charge in [0, 0.05) is 5.41 Å². The number of hydrogen-bond donors (Lipinski definition) is 1. The van der Waals surface area contributed by atoms with E-state index in [0.717, 1.165) is 5.56 Å². The number of carbonyl (C=O) groups is 1. The molecule has 4 heteroatoms.